The van der Waals surface area contributed by atoms with Crippen molar-refractivity contribution in [2.75, 3.05) is 6.54 Å². The van der Waals surface area contributed by atoms with Crippen molar-refractivity contribution >= 4 is 5.91 Å². The minimum Gasteiger partial charge on any atom is -0.338 e. The van der Waals surface area contributed by atoms with Gasteiger partial charge in [-0.2, -0.15) is 0 Å². The zero-order valence-corrected chi connectivity index (χ0v) is 9.93. The van der Waals surface area contributed by atoms with Gasteiger partial charge in [-0.25, -0.2) is 0 Å². The van der Waals surface area contributed by atoms with E-state index in [4.69, 9.17) is 5.73 Å². The van der Waals surface area contributed by atoms with E-state index in [9.17, 15) is 4.79 Å². The highest BCUT2D eigenvalue weighted by Crippen LogP contribution is 2.40. The Bertz CT molecular complexity index is 431. The summed E-state index contributed by atoms with van der Waals surface area (Å²) in [4.78, 5) is 13.9. The Labute approximate surface area is 102 Å². The molecule has 2 N–H and O–H groups in total. The van der Waals surface area contributed by atoms with Crippen LogP contribution in [-0.2, 0) is 10.3 Å². The van der Waals surface area contributed by atoms with Gasteiger partial charge in [0.25, 0.3) is 0 Å². The van der Waals surface area contributed by atoms with Crippen LogP contribution < -0.4 is 5.73 Å². The van der Waals surface area contributed by atoms with Gasteiger partial charge in [0.2, 0.25) is 5.91 Å². The second-order valence-corrected chi connectivity index (χ2v) is 5.15. The number of hydrogen-bond acceptors (Lipinski definition) is 2. The van der Waals surface area contributed by atoms with Crippen LogP contribution in [-0.4, -0.2) is 23.4 Å². The molecule has 0 aliphatic carbocycles. The minimum atomic E-state index is -0.342. The van der Waals surface area contributed by atoms with E-state index in [2.05, 4.69) is 12.1 Å². The highest BCUT2D eigenvalue weighted by Gasteiger charge is 2.47. The Balaban J connectivity index is 1.99. The molecule has 2 heterocycles. The molecule has 2 aliphatic heterocycles. The summed E-state index contributed by atoms with van der Waals surface area (Å²) in [6.07, 6.45) is 3.48. The highest BCUT2D eigenvalue weighted by molar-refractivity contribution is 5.78. The van der Waals surface area contributed by atoms with Crippen molar-refractivity contribution in [1.29, 1.82) is 0 Å². The average Bonchev–Trinajstić information content (AvgIpc) is 2.86. The number of carbonyl (C=O) groups excluding carboxylic acids is 1. The molecule has 17 heavy (non-hydrogen) atoms. The molecule has 0 spiro atoms. The van der Waals surface area contributed by atoms with Gasteiger partial charge in [0.05, 0.1) is 11.6 Å². The van der Waals surface area contributed by atoms with Gasteiger partial charge in [-0.1, -0.05) is 30.3 Å². The molecule has 1 amide bonds. The van der Waals surface area contributed by atoms with Crippen molar-refractivity contribution in [1.82, 2.24) is 4.90 Å². The van der Waals surface area contributed by atoms with Crippen LogP contribution in [0.1, 0.15) is 31.2 Å². The predicted molar refractivity (Wildman–Crippen MR) is 66.3 cm³/mol. The van der Waals surface area contributed by atoms with Crippen LogP contribution in [0.2, 0.25) is 0 Å². The zero-order chi connectivity index (χ0) is 11.9. The van der Waals surface area contributed by atoms with Gasteiger partial charge in [-0.3, -0.25) is 4.79 Å². The summed E-state index contributed by atoms with van der Waals surface area (Å²) in [5.41, 5.74) is 7.46. The number of carbonyl (C=O) groups is 1. The highest BCUT2D eigenvalue weighted by atomic mass is 16.2. The lowest BCUT2D eigenvalue weighted by Crippen LogP contribution is -2.58. The molecule has 0 saturated carbocycles. The van der Waals surface area contributed by atoms with Crippen molar-refractivity contribution in [2.24, 2.45) is 5.73 Å². The fraction of sp³-hybridized carbons (Fsp3) is 0.500. The Morgan fingerprint density at radius 2 is 2.06 bits per heavy atom. The molecule has 90 valence electrons. The van der Waals surface area contributed by atoms with Gasteiger partial charge in [-0.05, 0) is 24.8 Å². The minimum absolute atomic E-state index is 0.200. The van der Waals surface area contributed by atoms with Crippen LogP contribution in [0.5, 0.6) is 0 Å². The van der Waals surface area contributed by atoms with E-state index in [-0.39, 0.29) is 17.5 Å². The van der Waals surface area contributed by atoms with E-state index in [1.165, 1.54) is 5.56 Å². The third kappa shape index (κ3) is 1.57. The SMILES string of the molecule is N[C@@]1(c2ccccc2)CCC(=O)N2CCC[C@H]21. The van der Waals surface area contributed by atoms with E-state index >= 15 is 0 Å². The first-order valence-corrected chi connectivity index (χ1v) is 6.36. The van der Waals surface area contributed by atoms with Gasteiger partial charge in [0.1, 0.15) is 0 Å². The van der Waals surface area contributed by atoms with Gasteiger partial charge >= 0.3 is 0 Å². The molecule has 2 saturated heterocycles. The summed E-state index contributed by atoms with van der Waals surface area (Å²) in [6, 6.07) is 10.4. The quantitative estimate of drug-likeness (QED) is 0.797. The van der Waals surface area contributed by atoms with Crippen molar-refractivity contribution < 1.29 is 4.79 Å². The lowest BCUT2D eigenvalue weighted by molar-refractivity contribution is -0.137. The Hall–Kier alpha value is -1.35. The number of nitrogens with two attached hydrogens (primary N) is 1. The van der Waals surface area contributed by atoms with Gasteiger partial charge < -0.3 is 10.6 Å². The van der Waals surface area contributed by atoms with Crippen LogP contribution in [0.3, 0.4) is 0 Å². The van der Waals surface area contributed by atoms with Crippen molar-refractivity contribution in [2.45, 2.75) is 37.3 Å². The molecule has 2 atom stereocenters. The van der Waals surface area contributed by atoms with E-state index < -0.39 is 0 Å². The standard InChI is InChI=1S/C14H18N2O/c15-14(11-5-2-1-3-6-11)9-8-13(17)16-10-4-7-12(14)16/h1-3,5-6,12H,4,7-10,15H2/t12-,14+/m0/s1. The molecule has 0 bridgehead atoms. The number of nitrogens with zero attached hydrogens (tertiary/aromatic N) is 1. The third-order valence-electron chi connectivity index (χ3n) is 4.23. The zero-order valence-electron chi connectivity index (χ0n) is 9.93. The molecule has 3 heteroatoms. The summed E-state index contributed by atoms with van der Waals surface area (Å²) in [5, 5.41) is 0. The number of rotatable bonds is 1. The summed E-state index contributed by atoms with van der Waals surface area (Å²) in [7, 11) is 0. The van der Waals surface area contributed by atoms with Crippen LogP contribution in [0, 0.1) is 0 Å². The van der Waals surface area contributed by atoms with Crippen LogP contribution >= 0.6 is 0 Å². The van der Waals surface area contributed by atoms with Gasteiger partial charge in [0, 0.05) is 13.0 Å². The average molecular weight is 230 g/mol. The Kier molecular flexibility index (Phi) is 2.44. The van der Waals surface area contributed by atoms with Crippen molar-refractivity contribution in [3.05, 3.63) is 35.9 Å². The molecule has 0 aromatic heterocycles. The summed E-state index contributed by atoms with van der Waals surface area (Å²) in [6.45, 7) is 0.884. The molecule has 2 aliphatic rings. The predicted octanol–water partition coefficient (Wildman–Crippen LogP) is 1.63. The molecular formula is C14H18N2O. The van der Waals surface area contributed by atoms with Crippen LogP contribution in [0.15, 0.2) is 30.3 Å². The van der Waals surface area contributed by atoms with E-state index in [0.29, 0.717) is 6.42 Å². The maximum absolute atomic E-state index is 11.9. The van der Waals surface area contributed by atoms with Gasteiger partial charge in [0.15, 0.2) is 0 Å². The van der Waals surface area contributed by atoms with E-state index in [1.807, 2.05) is 23.1 Å². The molecule has 0 radical (unpaired) electrons. The molecule has 0 unspecified atom stereocenters. The molecule has 1 aromatic rings. The number of hydrogen-bond donors (Lipinski definition) is 1. The molecule has 3 rings (SSSR count). The lowest BCUT2D eigenvalue weighted by atomic mass is 9.76. The van der Waals surface area contributed by atoms with Crippen LogP contribution in [0.4, 0.5) is 0 Å². The fourth-order valence-corrected chi connectivity index (χ4v) is 3.31. The molecule has 3 nitrogen and oxygen atoms in total. The molecule has 1 aromatic carbocycles. The first-order valence-electron chi connectivity index (χ1n) is 6.36. The van der Waals surface area contributed by atoms with E-state index in [0.717, 1.165) is 25.8 Å². The van der Waals surface area contributed by atoms with E-state index in [1.54, 1.807) is 0 Å². The molecular weight excluding hydrogens is 212 g/mol. The van der Waals surface area contributed by atoms with Crippen molar-refractivity contribution in [3.63, 3.8) is 0 Å². The summed E-state index contributed by atoms with van der Waals surface area (Å²) in [5.74, 6) is 0.282. The normalized spacial score (nSPS) is 32.6. The lowest BCUT2D eigenvalue weighted by Gasteiger charge is -2.44. The number of benzene rings is 1. The Morgan fingerprint density at radius 1 is 1.29 bits per heavy atom. The number of piperidine rings is 1. The summed E-state index contributed by atoms with van der Waals surface area (Å²) < 4.78 is 0. The largest absolute Gasteiger partial charge is 0.338 e. The smallest absolute Gasteiger partial charge is 0.222 e. The number of fused-ring (bicyclic) bond motifs is 1. The van der Waals surface area contributed by atoms with Gasteiger partial charge in [-0.15, -0.1) is 0 Å². The van der Waals surface area contributed by atoms with Crippen molar-refractivity contribution in [3.8, 4) is 0 Å². The Morgan fingerprint density at radius 3 is 2.82 bits per heavy atom. The maximum Gasteiger partial charge on any atom is 0.222 e. The maximum atomic E-state index is 11.9. The second-order valence-electron chi connectivity index (χ2n) is 5.15. The topological polar surface area (TPSA) is 46.3 Å². The monoisotopic (exact) mass is 230 g/mol. The van der Waals surface area contributed by atoms with Crippen LogP contribution in [0.25, 0.3) is 0 Å². The first-order chi connectivity index (χ1) is 8.22. The fourth-order valence-electron chi connectivity index (χ4n) is 3.31. The second kappa shape index (κ2) is 3.84. The third-order valence-corrected chi connectivity index (χ3v) is 4.23. The summed E-state index contributed by atoms with van der Waals surface area (Å²) >= 11 is 0. The molecule has 2 fully saturated rings. The first kappa shape index (κ1) is 10.8. The number of amides is 1.